The highest BCUT2D eigenvalue weighted by Crippen LogP contribution is 2.30. The van der Waals surface area contributed by atoms with E-state index < -0.39 is 0 Å². The molecule has 0 spiro atoms. The summed E-state index contributed by atoms with van der Waals surface area (Å²) in [6.07, 6.45) is 5.83. The van der Waals surface area contributed by atoms with Crippen LogP contribution in [0, 0.1) is 0 Å². The zero-order valence-corrected chi connectivity index (χ0v) is 12.7. The first-order chi connectivity index (χ1) is 10.3. The van der Waals surface area contributed by atoms with Crippen LogP contribution in [0.25, 0.3) is 0 Å². The van der Waals surface area contributed by atoms with Crippen LogP contribution in [0.15, 0.2) is 36.7 Å². The van der Waals surface area contributed by atoms with Gasteiger partial charge >= 0.3 is 0 Å². The minimum Gasteiger partial charge on any atom is -0.372 e. The van der Waals surface area contributed by atoms with E-state index in [0.717, 1.165) is 31.8 Å². The van der Waals surface area contributed by atoms with Crippen molar-refractivity contribution in [3.05, 3.63) is 53.6 Å². The molecule has 1 aliphatic heterocycles. The van der Waals surface area contributed by atoms with Crippen molar-refractivity contribution in [1.82, 2.24) is 14.9 Å². The molecule has 112 valence electrons. The number of benzene rings is 1. The lowest BCUT2D eigenvalue weighted by Crippen LogP contribution is -2.40. The first-order valence-corrected chi connectivity index (χ1v) is 7.68. The molecule has 0 saturated carbocycles. The molecule has 0 saturated heterocycles. The Morgan fingerprint density at radius 3 is 3.05 bits per heavy atom. The third-order valence-corrected chi connectivity index (χ3v) is 4.19. The molecule has 4 nitrogen and oxygen atoms in total. The van der Waals surface area contributed by atoms with Crippen molar-refractivity contribution >= 4 is 0 Å². The molecule has 2 heterocycles. The van der Waals surface area contributed by atoms with Gasteiger partial charge < -0.3 is 14.6 Å². The molecule has 3 rings (SSSR count). The summed E-state index contributed by atoms with van der Waals surface area (Å²) in [7, 11) is 2.04. The molecule has 0 aliphatic carbocycles. The van der Waals surface area contributed by atoms with Gasteiger partial charge in [-0.2, -0.15) is 0 Å². The molecule has 2 aromatic rings. The lowest BCUT2D eigenvalue weighted by Gasteiger charge is -2.33. The maximum atomic E-state index is 6.11. The Bertz CT molecular complexity index is 593. The zero-order valence-electron chi connectivity index (χ0n) is 12.7. The van der Waals surface area contributed by atoms with Gasteiger partial charge in [-0.05, 0) is 24.1 Å². The first kappa shape index (κ1) is 14.3. The smallest absolute Gasteiger partial charge is 0.110 e. The lowest BCUT2D eigenvalue weighted by molar-refractivity contribution is 0.0152. The van der Waals surface area contributed by atoms with Gasteiger partial charge in [0, 0.05) is 31.9 Å². The SMILES string of the molecule is CCNC(Cc1nccn1C)C1OCCc2ccccc21. The molecule has 1 aromatic heterocycles. The predicted molar refractivity (Wildman–Crippen MR) is 83.2 cm³/mol. The van der Waals surface area contributed by atoms with Crippen molar-refractivity contribution in [1.29, 1.82) is 0 Å². The molecular weight excluding hydrogens is 262 g/mol. The van der Waals surface area contributed by atoms with Crippen molar-refractivity contribution in [3.63, 3.8) is 0 Å². The fourth-order valence-electron chi connectivity index (χ4n) is 3.10. The van der Waals surface area contributed by atoms with Crippen molar-refractivity contribution in [3.8, 4) is 0 Å². The van der Waals surface area contributed by atoms with Gasteiger partial charge in [0.25, 0.3) is 0 Å². The van der Waals surface area contributed by atoms with E-state index in [1.54, 1.807) is 0 Å². The Balaban J connectivity index is 1.86. The standard InChI is InChI=1S/C17H23N3O/c1-3-18-15(12-16-19-9-10-20(16)2)17-14-7-5-4-6-13(14)8-11-21-17/h4-7,9-10,15,17-18H,3,8,11-12H2,1-2H3. The molecule has 4 heteroatoms. The summed E-state index contributed by atoms with van der Waals surface area (Å²) in [5.41, 5.74) is 2.74. The Morgan fingerprint density at radius 1 is 1.43 bits per heavy atom. The van der Waals surface area contributed by atoms with E-state index in [1.165, 1.54) is 11.1 Å². The Morgan fingerprint density at radius 2 is 2.29 bits per heavy atom. The average molecular weight is 285 g/mol. The summed E-state index contributed by atoms with van der Waals surface area (Å²) < 4.78 is 8.19. The Hall–Kier alpha value is -1.65. The number of aryl methyl sites for hydroxylation is 1. The van der Waals surface area contributed by atoms with Crippen LogP contribution in [0.3, 0.4) is 0 Å². The number of hydrogen-bond acceptors (Lipinski definition) is 3. The average Bonchev–Trinajstić information content (AvgIpc) is 2.91. The van der Waals surface area contributed by atoms with Crippen molar-refractivity contribution in [2.24, 2.45) is 7.05 Å². The number of fused-ring (bicyclic) bond motifs is 1. The molecule has 2 atom stereocenters. The molecule has 1 aromatic carbocycles. The maximum absolute atomic E-state index is 6.11. The number of ether oxygens (including phenoxy) is 1. The van der Waals surface area contributed by atoms with Gasteiger partial charge in [0.05, 0.1) is 12.7 Å². The first-order valence-electron chi connectivity index (χ1n) is 7.68. The van der Waals surface area contributed by atoms with Crippen LogP contribution in [0.1, 0.15) is 30.0 Å². The second-order valence-corrected chi connectivity index (χ2v) is 5.56. The fourth-order valence-corrected chi connectivity index (χ4v) is 3.10. The third-order valence-electron chi connectivity index (χ3n) is 4.19. The number of likely N-dealkylation sites (N-methyl/N-ethyl adjacent to an activating group) is 1. The number of nitrogens with zero attached hydrogens (tertiary/aromatic N) is 2. The highest BCUT2D eigenvalue weighted by Gasteiger charge is 2.29. The van der Waals surface area contributed by atoms with Gasteiger partial charge in [0.2, 0.25) is 0 Å². The van der Waals surface area contributed by atoms with Gasteiger partial charge in [0.1, 0.15) is 5.82 Å². The molecule has 0 amide bonds. The molecule has 1 N–H and O–H groups in total. The normalized spacial score (nSPS) is 19.2. The molecule has 0 bridgehead atoms. The number of nitrogens with one attached hydrogen (secondary N) is 1. The van der Waals surface area contributed by atoms with Crippen LogP contribution in [-0.2, 0) is 24.6 Å². The number of rotatable bonds is 5. The quantitative estimate of drug-likeness (QED) is 0.916. The monoisotopic (exact) mass is 285 g/mol. The van der Waals surface area contributed by atoms with Gasteiger partial charge in [-0.3, -0.25) is 0 Å². The Labute approximate surface area is 126 Å². The van der Waals surface area contributed by atoms with E-state index in [0.29, 0.717) is 0 Å². The van der Waals surface area contributed by atoms with E-state index in [4.69, 9.17) is 4.74 Å². The van der Waals surface area contributed by atoms with Crippen molar-refractivity contribution in [2.45, 2.75) is 31.9 Å². The van der Waals surface area contributed by atoms with Crippen LogP contribution in [0.5, 0.6) is 0 Å². The van der Waals surface area contributed by atoms with Gasteiger partial charge in [-0.15, -0.1) is 0 Å². The number of imidazole rings is 1. The van der Waals surface area contributed by atoms with Crippen LogP contribution in [-0.4, -0.2) is 28.7 Å². The van der Waals surface area contributed by atoms with Crippen molar-refractivity contribution in [2.75, 3.05) is 13.2 Å². The number of hydrogen-bond donors (Lipinski definition) is 1. The summed E-state index contributed by atoms with van der Waals surface area (Å²) in [6.45, 7) is 3.86. The summed E-state index contributed by atoms with van der Waals surface area (Å²) >= 11 is 0. The molecule has 2 unspecified atom stereocenters. The molecule has 21 heavy (non-hydrogen) atoms. The Kier molecular flexibility index (Phi) is 4.36. The predicted octanol–water partition coefficient (Wildman–Crippen LogP) is 2.25. The molecule has 0 fully saturated rings. The van der Waals surface area contributed by atoms with Crippen LogP contribution in [0.2, 0.25) is 0 Å². The minimum atomic E-state index is 0.103. The summed E-state index contributed by atoms with van der Waals surface area (Å²) in [5.74, 6) is 1.09. The van der Waals surface area contributed by atoms with Crippen LogP contribution in [0.4, 0.5) is 0 Å². The van der Waals surface area contributed by atoms with Gasteiger partial charge in [-0.25, -0.2) is 4.98 Å². The van der Waals surface area contributed by atoms with Crippen LogP contribution >= 0.6 is 0 Å². The molecular formula is C17H23N3O. The second-order valence-electron chi connectivity index (χ2n) is 5.56. The summed E-state index contributed by atoms with van der Waals surface area (Å²) in [5, 5.41) is 3.58. The van der Waals surface area contributed by atoms with Gasteiger partial charge in [-0.1, -0.05) is 31.2 Å². The number of aromatic nitrogens is 2. The maximum Gasteiger partial charge on any atom is 0.110 e. The highest BCUT2D eigenvalue weighted by atomic mass is 16.5. The highest BCUT2D eigenvalue weighted by molar-refractivity contribution is 5.32. The van der Waals surface area contributed by atoms with E-state index in [-0.39, 0.29) is 12.1 Å². The largest absolute Gasteiger partial charge is 0.372 e. The fraction of sp³-hybridized carbons (Fsp3) is 0.471. The van der Waals surface area contributed by atoms with Gasteiger partial charge in [0.15, 0.2) is 0 Å². The summed E-state index contributed by atoms with van der Waals surface area (Å²) in [6, 6.07) is 8.88. The van der Waals surface area contributed by atoms with E-state index in [1.807, 2.05) is 19.4 Å². The van der Waals surface area contributed by atoms with E-state index in [9.17, 15) is 0 Å². The minimum absolute atomic E-state index is 0.103. The third kappa shape index (κ3) is 3.01. The molecule has 1 aliphatic rings. The topological polar surface area (TPSA) is 39.1 Å². The molecule has 0 radical (unpaired) electrons. The summed E-state index contributed by atoms with van der Waals surface area (Å²) in [4.78, 5) is 4.46. The van der Waals surface area contributed by atoms with Crippen molar-refractivity contribution < 1.29 is 4.74 Å². The van der Waals surface area contributed by atoms with Crippen LogP contribution < -0.4 is 5.32 Å². The zero-order chi connectivity index (χ0) is 14.7. The lowest BCUT2D eigenvalue weighted by atomic mass is 9.91. The van der Waals surface area contributed by atoms with E-state index >= 15 is 0 Å². The second kappa shape index (κ2) is 6.41. The van der Waals surface area contributed by atoms with E-state index in [2.05, 4.69) is 46.1 Å².